The number of aromatic carboxylic acids is 1. The van der Waals surface area contributed by atoms with Crippen molar-refractivity contribution in [2.75, 3.05) is 6.61 Å². The molecule has 0 aliphatic rings. The quantitative estimate of drug-likeness (QED) is 0.771. The van der Waals surface area contributed by atoms with Crippen LogP contribution in [0.15, 0.2) is 17.2 Å². The molecule has 2 N–H and O–H groups in total. The number of nitrogens with zero attached hydrogens (tertiary/aromatic N) is 1. The van der Waals surface area contributed by atoms with Gasteiger partial charge in [-0.2, -0.15) is 0 Å². The molecule has 1 atom stereocenters. The fourth-order valence-corrected chi connectivity index (χ4v) is 2.30. The highest BCUT2D eigenvalue weighted by molar-refractivity contribution is 7.99. The van der Waals surface area contributed by atoms with E-state index in [1.54, 1.807) is 12.1 Å². The van der Waals surface area contributed by atoms with Crippen LogP contribution < -0.4 is 0 Å². The Morgan fingerprint density at radius 1 is 1.56 bits per heavy atom. The molecule has 0 amide bonds. The van der Waals surface area contributed by atoms with E-state index < -0.39 is 5.97 Å². The van der Waals surface area contributed by atoms with E-state index in [1.807, 2.05) is 13.8 Å². The molecule has 1 unspecified atom stereocenters. The highest BCUT2D eigenvalue weighted by Gasteiger charge is 2.14. The first-order valence-electron chi connectivity index (χ1n) is 5.03. The van der Waals surface area contributed by atoms with Gasteiger partial charge in [-0.3, -0.25) is 0 Å². The zero-order chi connectivity index (χ0) is 12.1. The summed E-state index contributed by atoms with van der Waals surface area (Å²) in [5, 5.41) is 18.5. The van der Waals surface area contributed by atoms with Gasteiger partial charge in [0.15, 0.2) is 0 Å². The summed E-state index contributed by atoms with van der Waals surface area (Å²) in [5.41, 5.74) is 1.02. The van der Waals surface area contributed by atoms with E-state index in [-0.39, 0.29) is 17.4 Å². The Morgan fingerprint density at radius 3 is 2.81 bits per heavy atom. The maximum absolute atomic E-state index is 11.0. The second-order valence-corrected chi connectivity index (χ2v) is 4.98. The average molecular weight is 241 g/mol. The van der Waals surface area contributed by atoms with Gasteiger partial charge in [0.05, 0.1) is 5.56 Å². The van der Waals surface area contributed by atoms with Crippen LogP contribution in [0.3, 0.4) is 0 Å². The minimum absolute atomic E-state index is 0.0996. The van der Waals surface area contributed by atoms with Crippen molar-refractivity contribution in [1.29, 1.82) is 0 Å². The number of aliphatic hydroxyl groups excluding tert-OH is 1. The molecule has 1 aromatic rings. The summed E-state index contributed by atoms with van der Waals surface area (Å²) in [7, 11) is 0. The molecule has 0 aliphatic heterocycles. The standard InChI is InChI=1S/C11H15NO3S/c1-7-3-4-9(11(14)15)10(12-7)16-8(2)5-6-13/h3-4,8,13H,5-6H2,1-2H3,(H,14,15). The Hall–Kier alpha value is -1.07. The first-order chi connectivity index (χ1) is 7.54. The molecule has 1 rings (SSSR count). The van der Waals surface area contributed by atoms with Crippen LogP contribution in [0.25, 0.3) is 0 Å². The van der Waals surface area contributed by atoms with Crippen LogP contribution in [0, 0.1) is 6.92 Å². The molecule has 0 saturated carbocycles. The molecule has 0 radical (unpaired) electrons. The second-order valence-electron chi connectivity index (χ2n) is 3.55. The van der Waals surface area contributed by atoms with Crippen LogP contribution in [0.4, 0.5) is 0 Å². The van der Waals surface area contributed by atoms with Crippen molar-refractivity contribution in [1.82, 2.24) is 4.98 Å². The number of aromatic nitrogens is 1. The maximum Gasteiger partial charge on any atom is 0.338 e. The topological polar surface area (TPSA) is 70.4 Å². The van der Waals surface area contributed by atoms with E-state index in [2.05, 4.69) is 4.98 Å². The van der Waals surface area contributed by atoms with Crippen molar-refractivity contribution in [2.24, 2.45) is 0 Å². The third kappa shape index (κ3) is 3.50. The van der Waals surface area contributed by atoms with E-state index in [0.717, 1.165) is 5.69 Å². The third-order valence-corrected chi connectivity index (χ3v) is 3.25. The van der Waals surface area contributed by atoms with Crippen molar-refractivity contribution in [3.05, 3.63) is 23.4 Å². The number of rotatable bonds is 5. The highest BCUT2D eigenvalue weighted by Crippen LogP contribution is 2.26. The molecular formula is C11H15NO3S. The highest BCUT2D eigenvalue weighted by atomic mass is 32.2. The summed E-state index contributed by atoms with van der Waals surface area (Å²) in [6.07, 6.45) is 0.624. The van der Waals surface area contributed by atoms with E-state index >= 15 is 0 Å². The number of carboxylic acid groups (broad SMARTS) is 1. The van der Waals surface area contributed by atoms with Gasteiger partial charge in [0.1, 0.15) is 5.03 Å². The van der Waals surface area contributed by atoms with Gasteiger partial charge in [-0.25, -0.2) is 9.78 Å². The molecular weight excluding hydrogens is 226 g/mol. The van der Waals surface area contributed by atoms with Crippen LogP contribution >= 0.6 is 11.8 Å². The molecule has 88 valence electrons. The average Bonchev–Trinajstić information content (AvgIpc) is 2.17. The zero-order valence-corrected chi connectivity index (χ0v) is 10.1. The van der Waals surface area contributed by atoms with Gasteiger partial charge in [-0.15, -0.1) is 11.8 Å². The number of aryl methyl sites for hydroxylation is 1. The summed E-state index contributed by atoms with van der Waals surface area (Å²) in [4.78, 5) is 15.2. The minimum Gasteiger partial charge on any atom is -0.478 e. The number of carboxylic acids is 1. The van der Waals surface area contributed by atoms with Crippen molar-refractivity contribution in [3.8, 4) is 0 Å². The lowest BCUT2D eigenvalue weighted by Gasteiger charge is -2.11. The minimum atomic E-state index is -0.966. The van der Waals surface area contributed by atoms with Crippen molar-refractivity contribution in [2.45, 2.75) is 30.5 Å². The Kier molecular flexibility index (Phi) is 4.76. The van der Waals surface area contributed by atoms with Crippen molar-refractivity contribution >= 4 is 17.7 Å². The van der Waals surface area contributed by atoms with Gasteiger partial charge in [-0.1, -0.05) is 6.92 Å². The SMILES string of the molecule is Cc1ccc(C(=O)O)c(SC(C)CCO)n1. The predicted octanol–water partition coefficient (Wildman–Crippen LogP) is 1.95. The summed E-state index contributed by atoms with van der Waals surface area (Å²) < 4.78 is 0. The van der Waals surface area contributed by atoms with Crippen molar-refractivity contribution < 1.29 is 15.0 Å². The summed E-state index contributed by atoms with van der Waals surface area (Å²) in [6.45, 7) is 3.87. The van der Waals surface area contributed by atoms with Crippen LogP contribution in [0.2, 0.25) is 0 Å². The van der Waals surface area contributed by atoms with Gasteiger partial charge in [0.2, 0.25) is 0 Å². The maximum atomic E-state index is 11.0. The third-order valence-electron chi connectivity index (χ3n) is 2.08. The molecule has 16 heavy (non-hydrogen) atoms. The van der Waals surface area contributed by atoms with Crippen LogP contribution in [-0.2, 0) is 0 Å². The zero-order valence-electron chi connectivity index (χ0n) is 9.30. The fraction of sp³-hybridized carbons (Fsp3) is 0.455. The van der Waals surface area contributed by atoms with E-state index in [0.29, 0.717) is 11.4 Å². The second kappa shape index (κ2) is 5.86. The molecule has 0 bridgehead atoms. The first kappa shape index (κ1) is 13.0. The molecule has 0 aliphatic carbocycles. The van der Waals surface area contributed by atoms with Gasteiger partial charge in [0, 0.05) is 17.6 Å². The molecule has 0 aromatic carbocycles. The van der Waals surface area contributed by atoms with Gasteiger partial charge in [0.25, 0.3) is 0 Å². The number of aliphatic hydroxyl groups is 1. The molecule has 1 heterocycles. The molecule has 0 saturated heterocycles. The molecule has 0 spiro atoms. The number of hydrogen-bond donors (Lipinski definition) is 2. The predicted molar refractivity (Wildman–Crippen MR) is 63.0 cm³/mol. The number of thioether (sulfide) groups is 1. The van der Waals surface area contributed by atoms with Crippen LogP contribution in [0.5, 0.6) is 0 Å². The van der Waals surface area contributed by atoms with Crippen LogP contribution in [0.1, 0.15) is 29.4 Å². The number of hydrogen-bond acceptors (Lipinski definition) is 4. The Morgan fingerprint density at radius 2 is 2.25 bits per heavy atom. The fourth-order valence-electron chi connectivity index (χ4n) is 1.22. The lowest BCUT2D eigenvalue weighted by Crippen LogP contribution is -2.06. The van der Waals surface area contributed by atoms with Gasteiger partial charge in [-0.05, 0) is 25.5 Å². The van der Waals surface area contributed by atoms with E-state index in [9.17, 15) is 4.79 Å². The monoisotopic (exact) mass is 241 g/mol. The normalized spacial score (nSPS) is 12.4. The van der Waals surface area contributed by atoms with Crippen molar-refractivity contribution in [3.63, 3.8) is 0 Å². The molecule has 1 aromatic heterocycles. The molecule has 4 nitrogen and oxygen atoms in total. The summed E-state index contributed by atoms with van der Waals surface area (Å²) in [6, 6.07) is 3.25. The van der Waals surface area contributed by atoms with E-state index in [1.165, 1.54) is 11.8 Å². The molecule has 0 fully saturated rings. The number of carbonyl (C=O) groups is 1. The first-order valence-corrected chi connectivity index (χ1v) is 5.91. The Labute approximate surface area is 98.7 Å². The summed E-state index contributed by atoms with van der Waals surface area (Å²) in [5.74, 6) is -0.966. The number of pyridine rings is 1. The summed E-state index contributed by atoms with van der Waals surface area (Å²) >= 11 is 1.39. The van der Waals surface area contributed by atoms with E-state index in [4.69, 9.17) is 10.2 Å². The van der Waals surface area contributed by atoms with Gasteiger partial charge >= 0.3 is 5.97 Å². The Bertz CT molecular complexity index is 381. The lowest BCUT2D eigenvalue weighted by molar-refractivity contribution is 0.0692. The smallest absolute Gasteiger partial charge is 0.338 e. The largest absolute Gasteiger partial charge is 0.478 e. The molecule has 5 heteroatoms. The lowest BCUT2D eigenvalue weighted by atomic mass is 10.2. The van der Waals surface area contributed by atoms with Crippen LogP contribution in [-0.4, -0.2) is 33.0 Å². The van der Waals surface area contributed by atoms with Gasteiger partial charge < -0.3 is 10.2 Å². The Balaban J connectivity index is 2.92.